The molecule has 0 bridgehead atoms. The van der Waals surface area contributed by atoms with E-state index in [1.165, 1.54) is 12.3 Å². The lowest BCUT2D eigenvalue weighted by molar-refractivity contribution is 0.0713. The van der Waals surface area contributed by atoms with Gasteiger partial charge in [0.2, 0.25) is 0 Å². The first-order valence-electron chi connectivity index (χ1n) is 9.16. The van der Waals surface area contributed by atoms with Crippen molar-refractivity contribution < 1.29 is 9.18 Å². The van der Waals surface area contributed by atoms with Gasteiger partial charge in [0.05, 0.1) is 18.0 Å². The molecule has 2 aliphatic rings. The summed E-state index contributed by atoms with van der Waals surface area (Å²) in [5, 5.41) is 7.54. The minimum Gasteiger partial charge on any atom is -0.338 e. The largest absolute Gasteiger partial charge is 0.338 e. The first-order chi connectivity index (χ1) is 12.6. The van der Waals surface area contributed by atoms with Crippen LogP contribution in [0.15, 0.2) is 42.7 Å². The van der Waals surface area contributed by atoms with E-state index in [-0.39, 0.29) is 17.1 Å². The van der Waals surface area contributed by atoms with Crippen LogP contribution in [0.1, 0.15) is 35.2 Å². The van der Waals surface area contributed by atoms with Gasteiger partial charge in [-0.05, 0) is 61.5 Å². The summed E-state index contributed by atoms with van der Waals surface area (Å²) in [7, 11) is 0. The van der Waals surface area contributed by atoms with E-state index in [1.54, 1.807) is 24.4 Å². The number of halogens is 1. The Kier molecular flexibility index (Phi) is 4.68. The van der Waals surface area contributed by atoms with Crippen LogP contribution in [-0.4, -0.2) is 52.1 Å². The van der Waals surface area contributed by atoms with Gasteiger partial charge in [-0.15, -0.1) is 0 Å². The van der Waals surface area contributed by atoms with Crippen molar-refractivity contribution in [2.24, 2.45) is 5.41 Å². The van der Waals surface area contributed by atoms with Gasteiger partial charge in [0.15, 0.2) is 0 Å². The highest BCUT2D eigenvalue weighted by Crippen LogP contribution is 2.41. The van der Waals surface area contributed by atoms with Crippen LogP contribution in [-0.2, 0) is 6.54 Å². The van der Waals surface area contributed by atoms with Crippen molar-refractivity contribution in [3.8, 4) is 0 Å². The molecular weight excluding hydrogens is 331 g/mol. The van der Waals surface area contributed by atoms with E-state index < -0.39 is 0 Å². The summed E-state index contributed by atoms with van der Waals surface area (Å²) in [6.07, 6.45) is 6.32. The Morgan fingerprint density at radius 2 is 1.92 bits per heavy atom. The van der Waals surface area contributed by atoms with Crippen LogP contribution in [0.4, 0.5) is 4.39 Å². The minimum atomic E-state index is -0.175. The van der Waals surface area contributed by atoms with Gasteiger partial charge < -0.3 is 4.90 Å². The molecule has 0 aliphatic carbocycles. The number of hydrogen-bond donors (Lipinski definition) is 0. The fourth-order valence-electron chi connectivity index (χ4n) is 4.20. The second-order valence-electron chi connectivity index (χ2n) is 7.51. The number of rotatable bonds is 3. The van der Waals surface area contributed by atoms with E-state index >= 15 is 0 Å². The van der Waals surface area contributed by atoms with Gasteiger partial charge in [-0.1, -0.05) is 12.1 Å². The molecule has 1 amide bonds. The molecule has 2 fully saturated rings. The van der Waals surface area contributed by atoms with Crippen LogP contribution in [0.5, 0.6) is 0 Å². The van der Waals surface area contributed by atoms with Gasteiger partial charge in [-0.2, -0.15) is 10.2 Å². The van der Waals surface area contributed by atoms with E-state index in [4.69, 9.17) is 0 Å². The Morgan fingerprint density at radius 1 is 1.12 bits per heavy atom. The van der Waals surface area contributed by atoms with Crippen molar-refractivity contribution in [1.29, 1.82) is 0 Å². The van der Waals surface area contributed by atoms with Crippen molar-refractivity contribution in [3.05, 3.63) is 59.7 Å². The zero-order valence-corrected chi connectivity index (χ0v) is 14.8. The number of piperidine rings is 1. The number of hydrogen-bond acceptors (Lipinski definition) is 4. The maximum atomic E-state index is 13.4. The van der Waals surface area contributed by atoms with Crippen LogP contribution in [0.2, 0.25) is 0 Å². The van der Waals surface area contributed by atoms with Crippen LogP contribution in [0, 0.1) is 11.2 Å². The number of benzene rings is 1. The van der Waals surface area contributed by atoms with Crippen molar-refractivity contribution in [1.82, 2.24) is 20.0 Å². The SMILES string of the molecule is O=C(c1ccnnc1)N1CCC2(CCN(Cc3cccc(F)c3)CC2)C1. The summed E-state index contributed by atoms with van der Waals surface area (Å²) in [6, 6.07) is 8.57. The molecule has 5 nitrogen and oxygen atoms in total. The molecule has 0 N–H and O–H groups in total. The Morgan fingerprint density at radius 3 is 2.65 bits per heavy atom. The summed E-state index contributed by atoms with van der Waals surface area (Å²) >= 11 is 0. The topological polar surface area (TPSA) is 49.3 Å². The quantitative estimate of drug-likeness (QED) is 0.850. The molecule has 136 valence electrons. The van der Waals surface area contributed by atoms with Crippen LogP contribution >= 0.6 is 0 Å². The van der Waals surface area contributed by atoms with Crippen molar-refractivity contribution in [2.45, 2.75) is 25.8 Å². The summed E-state index contributed by atoms with van der Waals surface area (Å²) in [5.41, 5.74) is 1.86. The fraction of sp³-hybridized carbons (Fsp3) is 0.450. The van der Waals surface area contributed by atoms with Crippen LogP contribution in [0.3, 0.4) is 0 Å². The molecule has 3 heterocycles. The second kappa shape index (κ2) is 7.11. The molecule has 1 spiro atoms. The van der Waals surface area contributed by atoms with E-state index in [0.717, 1.165) is 57.5 Å². The fourth-order valence-corrected chi connectivity index (χ4v) is 4.20. The predicted octanol–water partition coefficient (Wildman–Crippen LogP) is 2.74. The number of aromatic nitrogens is 2. The van der Waals surface area contributed by atoms with Gasteiger partial charge >= 0.3 is 0 Å². The zero-order valence-electron chi connectivity index (χ0n) is 14.8. The molecule has 26 heavy (non-hydrogen) atoms. The average Bonchev–Trinajstić information content (AvgIpc) is 3.08. The van der Waals surface area contributed by atoms with Crippen LogP contribution < -0.4 is 0 Å². The maximum Gasteiger partial charge on any atom is 0.255 e. The molecule has 1 aromatic heterocycles. The molecule has 1 aromatic carbocycles. The van der Waals surface area contributed by atoms with Crippen molar-refractivity contribution in [2.75, 3.05) is 26.2 Å². The molecule has 2 aromatic rings. The van der Waals surface area contributed by atoms with Gasteiger partial charge in [-0.25, -0.2) is 4.39 Å². The van der Waals surface area contributed by atoms with Gasteiger partial charge in [0, 0.05) is 19.6 Å². The molecule has 0 radical (unpaired) electrons. The number of nitrogens with zero attached hydrogens (tertiary/aromatic N) is 4. The first-order valence-corrected chi connectivity index (χ1v) is 9.16. The second-order valence-corrected chi connectivity index (χ2v) is 7.51. The normalized spacial score (nSPS) is 19.8. The highest BCUT2D eigenvalue weighted by atomic mass is 19.1. The summed E-state index contributed by atoms with van der Waals surface area (Å²) in [5.74, 6) is -0.120. The Bertz CT molecular complexity index is 774. The molecule has 2 aliphatic heterocycles. The first kappa shape index (κ1) is 17.1. The molecule has 0 unspecified atom stereocenters. The lowest BCUT2D eigenvalue weighted by Gasteiger charge is -2.39. The predicted molar refractivity (Wildman–Crippen MR) is 95.9 cm³/mol. The number of carbonyl (C=O) groups is 1. The minimum absolute atomic E-state index is 0.0546. The Balaban J connectivity index is 1.34. The van der Waals surface area contributed by atoms with Gasteiger partial charge in [-0.3, -0.25) is 9.69 Å². The molecule has 0 saturated carbocycles. The third-order valence-corrected chi connectivity index (χ3v) is 5.77. The standard InChI is InChI=1S/C20H23FN4O/c21-18-3-1-2-16(12-18)14-24-9-5-20(6-10-24)7-11-25(15-20)19(26)17-4-8-22-23-13-17/h1-4,8,12-13H,5-7,9-11,14-15H2. The third kappa shape index (κ3) is 3.60. The highest BCUT2D eigenvalue weighted by molar-refractivity contribution is 5.94. The van der Waals surface area contributed by atoms with Crippen molar-refractivity contribution >= 4 is 5.91 Å². The monoisotopic (exact) mass is 354 g/mol. The number of amides is 1. The summed E-state index contributed by atoms with van der Waals surface area (Å²) < 4.78 is 13.4. The Hall–Kier alpha value is -2.34. The Labute approximate surface area is 152 Å². The molecular formula is C20H23FN4O. The maximum absolute atomic E-state index is 13.4. The van der Waals surface area contributed by atoms with E-state index in [9.17, 15) is 9.18 Å². The van der Waals surface area contributed by atoms with Gasteiger partial charge in [0.1, 0.15) is 5.82 Å². The molecule has 2 saturated heterocycles. The van der Waals surface area contributed by atoms with E-state index in [1.807, 2.05) is 11.0 Å². The number of carbonyl (C=O) groups excluding carboxylic acids is 1. The molecule has 6 heteroatoms. The summed E-state index contributed by atoms with van der Waals surface area (Å²) in [4.78, 5) is 17.0. The zero-order chi connectivity index (χ0) is 18.0. The molecule has 0 atom stereocenters. The highest BCUT2D eigenvalue weighted by Gasteiger charge is 2.42. The summed E-state index contributed by atoms with van der Waals surface area (Å²) in [6.45, 7) is 4.41. The number of likely N-dealkylation sites (tertiary alicyclic amines) is 2. The molecule has 4 rings (SSSR count). The smallest absolute Gasteiger partial charge is 0.255 e. The van der Waals surface area contributed by atoms with E-state index in [0.29, 0.717) is 5.56 Å². The van der Waals surface area contributed by atoms with Crippen LogP contribution in [0.25, 0.3) is 0 Å². The average molecular weight is 354 g/mol. The lowest BCUT2D eigenvalue weighted by atomic mass is 9.77. The van der Waals surface area contributed by atoms with Gasteiger partial charge in [0.25, 0.3) is 5.91 Å². The van der Waals surface area contributed by atoms with Crippen molar-refractivity contribution in [3.63, 3.8) is 0 Å². The third-order valence-electron chi connectivity index (χ3n) is 5.77. The lowest BCUT2D eigenvalue weighted by Crippen LogP contribution is -2.42. The van der Waals surface area contributed by atoms with E-state index in [2.05, 4.69) is 15.1 Å².